The summed E-state index contributed by atoms with van der Waals surface area (Å²) in [4.78, 5) is 0. The van der Waals surface area contributed by atoms with Crippen LogP contribution in [-0.4, -0.2) is 23.9 Å². The van der Waals surface area contributed by atoms with Crippen LogP contribution in [-0.2, 0) is 4.74 Å². The fraction of sp³-hybridized carbons (Fsp3) is 0.273. The number of rotatable bonds is 3. The Morgan fingerprint density at radius 3 is 3.00 bits per heavy atom. The average Bonchev–Trinajstić information content (AvgIpc) is 2.28. The summed E-state index contributed by atoms with van der Waals surface area (Å²) < 4.78 is 23.7. The molecule has 2 rings (SSSR count). The second kappa shape index (κ2) is 4.87. The molecule has 0 fully saturated rings. The molecule has 0 spiro atoms. The highest BCUT2D eigenvalue weighted by Gasteiger charge is 2.26. The summed E-state index contributed by atoms with van der Waals surface area (Å²) in [7, 11) is -1.14. The van der Waals surface area contributed by atoms with Crippen LogP contribution < -0.4 is 4.65 Å². The van der Waals surface area contributed by atoms with E-state index in [1.54, 1.807) is 13.0 Å². The number of hydrogen-bond donors (Lipinski definition) is 2. The molecule has 0 radical (unpaired) electrons. The SMILES string of the molecule is CCOC(O)c1c(F)ccc2c1OB(O)C=C2. The van der Waals surface area contributed by atoms with Crippen molar-refractivity contribution in [3.05, 3.63) is 35.1 Å². The molecule has 0 saturated carbocycles. The number of halogens is 1. The maximum Gasteiger partial charge on any atom is 0.552 e. The van der Waals surface area contributed by atoms with E-state index in [9.17, 15) is 14.5 Å². The predicted octanol–water partition coefficient (Wildman–Crippen LogP) is 1.28. The van der Waals surface area contributed by atoms with Gasteiger partial charge in [-0.1, -0.05) is 6.08 Å². The van der Waals surface area contributed by atoms with E-state index >= 15 is 0 Å². The molecular weight excluding hydrogens is 226 g/mol. The topological polar surface area (TPSA) is 58.9 Å². The minimum atomic E-state index is -1.41. The Bertz CT molecular complexity index is 449. The van der Waals surface area contributed by atoms with Crippen molar-refractivity contribution in [2.75, 3.05) is 6.61 Å². The van der Waals surface area contributed by atoms with Gasteiger partial charge < -0.3 is 19.5 Å². The van der Waals surface area contributed by atoms with Crippen molar-refractivity contribution in [1.29, 1.82) is 0 Å². The van der Waals surface area contributed by atoms with E-state index in [1.165, 1.54) is 18.1 Å². The van der Waals surface area contributed by atoms with Crippen LogP contribution in [0.3, 0.4) is 0 Å². The van der Waals surface area contributed by atoms with Crippen LogP contribution in [0.1, 0.15) is 24.3 Å². The maximum atomic E-state index is 13.7. The van der Waals surface area contributed by atoms with Gasteiger partial charge in [-0.05, 0) is 25.0 Å². The molecule has 90 valence electrons. The van der Waals surface area contributed by atoms with E-state index in [-0.39, 0.29) is 17.9 Å². The fourth-order valence-corrected chi connectivity index (χ4v) is 1.67. The van der Waals surface area contributed by atoms with Gasteiger partial charge in [0.25, 0.3) is 0 Å². The molecule has 0 bridgehead atoms. The predicted molar refractivity (Wildman–Crippen MR) is 60.6 cm³/mol. The van der Waals surface area contributed by atoms with Crippen LogP contribution in [0.2, 0.25) is 0 Å². The zero-order valence-electron chi connectivity index (χ0n) is 9.26. The van der Waals surface area contributed by atoms with Gasteiger partial charge in [-0.3, -0.25) is 0 Å². The molecule has 1 atom stereocenters. The summed E-state index contributed by atoms with van der Waals surface area (Å²) in [6.07, 6.45) is 0.194. The average molecular weight is 238 g/mol. The molecule has 2 N–H and O–H groups in total. The van der Waals surface area contributed by atoms with Crippen LogP contribution in [0.4, 0.5) is 4.39 Å². The lowest BCUT2D eigenvalue weighted by Crippen LogP contribution is -2.24. The van der Waals surface area contributed by atoms with E-state index in [2.05, 4.69) is 0 Å². The zero-order chi connectivity index (χ0) is 12.4. The lowest BCUT2D eigenvalue weighted by Gasteiger charge is -2.21. The first-order valence-electron chi connectivity index (χ1n) is 5.28. The van der Waals surface area contributed by atoms with Crippen molar-refractivity contribution < 1.29 is 23.9 Å². The van der Waals surface area contributed by atoms with Crippen molar-refractivity contribution in [1.82, 2.24) is 0 Å². The molecule has 1 aliphatic heterocycles. The van der Waals surface area contributed by atoms with E-state index in [0.29, 0.717) is 5.56 Å². The number of benzene rings is 1. The molecule has 1 aliphatic rings. The number of ether oxygens (including phenoxy) is 1. The molecule has 1 aromatic carbocycles. The third-order valence-corrected chi connectivity index (χ3v) is 2.42. The Labute approximate surface area is 98.4 Å². The molecule has 0 saturated heterocycles. The molecule has 0 amide bonds. The molecule has 0 aromatic heterocycles. The third kappa shape index (κ3) is 2.33. The van der Waals surface area contributed by atoms with Crippen molar-refractivity contribution in [2.45, 2.75) is 13.2 Å². The van der Waals surface area contributed by atoms with E-state index in [1.807, 2.05) is 0 Å². The van der Waals surface area contributed by atoms with Gasteiger partial charge in [0.2, 0.25) is 0 Å². The monoisotopic (exact) mass is 238 g/mol. The Balaban J connectivity index is 2.47. The highest BCUT2D eigenvalue weighted by atomic mass is 19.1. The van der Waals surface area contributed by atoms with E-state index in [4.69, 9.17) is 9.39 Å². The first kappa shape index (κ1) is 12.1. The Hall–Kier alpha value is -1.37. The first-order valence-corrected chi connectivity index (χ1v) is 5.28. The standard InChI is InChI=1S/C11H12BFO4/c1-2-16-11(14)9-8(13)4-3-7-5-6-12(15)17-10(7)9/h3-6,11,14-15H,2H2,1H3. The summed E-state index contributed by atoms with van der Waals surface area (Å²) in [5, 5.41) is 19.0. The first-order chi connectivity index (χ1) is 8.13. The van der Waals surface area contributed by atoms with Crippen LogP contribution in [0, 0.1) is 5.82 Å². The van der Waals surface area contributed by atoms with E-state index < -0.39 is 19.2 Å². The number of aliphatic hydroxyl groups is 1. The summed E-state index contributed by atoms with van der Waals surface area (Å²) in [6.45, 7) is 1.93. The van der Waals surface area contributed by atoms with Gasteiger partial charge in [-0.2, -0.15) is 0 Å². The van der Waals surface area contributed by atoms with Crippen molar-refractivity contribution in [3.63, 3.8) is 0 Å². The maximum absolute atomic E-state index is 13.7. The van der Waals surface area contributed by atoms with Crippen LogP contribution >= 0.6 is 0 Å². The molecular formula is C11H12BFO4. The van der Waals surface area contributed by atoms with Gasteiger partial charge in [0, 0.05) is 12.2 Å². The summed E-state index contributed by atoms with van der Waals surface area (Å²) in [6, 6.07) is 2.73. The van der Waals surface area contributed by atoms with Gasteiger partial charge in [-0.15, -0.1) is 0 Å². The van der Waals surface area contributed by atoms with Gasteiger partial charge >= 0.3 is 7.12 Å². The Kier molecular flexibility index (Phi) is 3.47. The van der Waals surface area contributed by atoms with Gasteiger partial charge in [0.05, 0.1) is 5.56 Å². The smallest absolute Gasteiger partial charge is 0.532 e. The lowest BCUT2D eigenvalue weighted by atomic mass is 9.85. The molecule has 1 heterocycles. The molecule has 6 heteroatoms. The van der Waals surface area contributed by atoms with Crippen LogP contribution in [0.15, 0.2) is 18.1 Å². The second-order valence-electron chi connectivity index (χ2n) is 3.55. The van der Waals surface area contributed by atoms with Crippen molar-refractivity contribution >= 4 is 13.2 Å². The highest BCUT2D eigenvalue weighted by Crippen LogP contribution is 2.35. The molecule has 1 aromatic rings. The number of aliphatic hydroxyl groups excluding tert-OH is 1. The van der Waals surface area contributed by atoms with Crippen molar-refractivity contribution in [3.8, 4) is 5.75 Å². The number of fused-ring (bicyclic) bond motifs is 1. The Morgan fingerprint density at radius 1 is 1.53 bits per heavy atom. The van der Waals surface area contributed by atoms with Gasteiger partial charge in [-0.25, -0.2) is 4.39 Å². The van der Waals surface area contributed by atoms with Crippen LogP contribution in [0.25, 0.3) is 6.08 Å². The largest absolute Gasteiger partial charge is 0.552 e. The van der Waals surface area contributed by atoms with Gasteiger partial charge in [0.15, 0.2) is 6.29 Å². The fourth-order valence-electron chi connectivity index (χ4n) is 1.67. The lowest BCUT2D eigenvalue weighted by molar-refractivity contribution is -0.101. The van der Waals surface area contributed by atoms with Crippen LogP contribution in [0.5, 0.6) is 5.75 Å². The van der Waals surface area contributed by atoms with E-state index in [0.717, 1.165) is 0 Å². The van der Waals surface area contributed by atoms with Crippen molar-refractivity contribution in [2.24, 2.45) is 0 Å². The molecule has 4 nitrogen and oxygen atoms in total. The minimum absolute atomic E-state index is 0.0900. The second-order valence-corrected chi connectivity index (χ2v) is 3.55. The zero-order valence-corrected chi connectivity index (χ0v) is 9.26. The summed E-state index contributed by atoms with van der Waals surface area (Å²) in [5.74, 6) is 0.907. The minimum Gasteiger partial charge on any atom is -0.532 e. The summed E-state index contributed by atoms with van der Waals surface area (Å²) in [5.41, 5.74) is 0.498. The van der Waals surface area contributed by atoms with Gasteiger partial charge in [0.1, 0.15) is 11.6 Å². The summed E-state index contributed by atoms with van der Waals surface area (Å²) >= 11 is 0. The number of hydrogen-bond acceptors (Lipinski definition) is 4. The molecule has 17 heavy (non-hydrogen) atoms. The quantitative estimate of drug-likeness (QED) is 0.615. The highest BCUT2D eigenvalue weighted by molar-refractivity contribution is 6.51. The normalized spacial score (nSPS) is 15.4. The third-order valence-electron chi connectivity index (χ3n) is 2.42. The molecule has 1 unspecified atom stereocenters. The Morgan fingerprint density at radius 2 is 2.29 bits per heavy atom. The molecule has 0 aliphatic carbocycles.